The lowest BCUT2D eigenvalue weighted by Crippen LogP contribution is -2.53. The van der Waals surface area contributed by atoms with E-state index in [0.717, 1.165) is 25.7 Å². The van der Waals surface area contributed by atoms with Crippen LogP contribution in [-0.4, -0.2) is 72.1 Å². The molecule has 2 heterocycles. The predicted octanol–water partition coefficient (Wildman–Crippen LogP) is 1.92. The number of amides is 3. The molecular formula is C23H39N3O6. The van der Waals surface area contributed by atoms with Gasteiger partial charge in [0.2, 0.25) is 11.8 Å². The average Bonchev–Trinajstić information content (AvgIpc) is 3.30. The summed E-state index contributed by atoms with van der Waals surface area (Å²) < 4.78 is 10.7. The molecule has 0 aromatic carbocycles. The largest absolute Gasteiger partial charge is 0.444 e. The Balaban J connectivity index is 1.76. The summed E-state index contributed by atoms with van der Waals surface area (Å²) >= 11 is 0. The molecule has 2 saturated heterocycles. The van der Waals surface area contributed by atoms with Crippen LogP contribution in [0.25, 0.3) is 0 Å². The molecule has 1 spiro atoms. The second-order valence-corrected chi connectivity index (χ2v) is 10.6. The van der Waals surface area contributed by atoms with Crippen LogP contribution in [0.1, 0.15) is 72.1 Å². The third-order valence-corrected chi connectivity index (χ3v) is 6.97. The number of rotatable bonds is 6. The molecule has 3 amide bonds. The Hall–Kier alpha value is -1.87. The predicted molar refractivity (Wildman–Crippen MR) is 118 cm³/mol. The second kappa shape index (κ2) is 9.95. The topological polar surface area (TPSA) is 117 Å². The number of carbonyl (C=O) groups excluding carboxylic acids is 3. The van der Waals surface area contributed by atoms with Gasteiger partial charge in [-0.3, -0.25) is 14.5 Å². The van der Waals surface area contributed by atoms with E-state index in [1.54, 1.807) is 4.90 Å². The van der Waals surface area contributed by atoms with Gasteiger partial charge in [-0.2, -0.15) is 0 Å². The van der Waals surface area contributed by atoms with Crippen molar-refractivity contribution in [2.24, 2.45) is 11.3 Å². The molecule has 3 N–H and O–H groups in total. The lowest BCUT2D eigenvalue weighted by molar-refractivity contribution is -0.136. The normalized spacial score (nSPS) is 27.2. The van der Waals surface area contributed by atoms with Gasteiger partial charge in [0.25, 0.3) is 0 Å². The van der Waals surface area contributed by atoms with Crippen LogP contribution in [0.4, 0.5) is 4.79 Å². The van der Waals surface area contributed by atoms with Gasteiger partial charge in [0, 0.05) is 26.1 Å². The third-order valence-electron chi connectivity index (χ3n) is 6.97. The molecule has 2 unspecified atom stereocenters. The highest BCUT2D eigenvalue weighted by Crippen LogP contribution is 2.46. The van der Waals surface area contributed by atoms with Gasteiger partial charge in [0.1, 0.15) is 11.6 Å². The SMILES string of the molecule is COC(O)[C@H](C[C@@H]1CCNC1=O)NC(=O)C1CC2(CCCCC2)CN1C(=O)OC(C)(C)C. The average molecular weight is 454 g/mol. The minimum atomic E-state index is -1.24. The van der Waals surface area contributed by atoms with Crippen LogP contribution in [0, 0.1) is 11.3 Å². The number of likely N-dealkylation sites (tertiary alicyclic amines) is 1. The van der Waals surface area contributed by atoms with Gasteiger partial charge < -0.3 is 25.2 Å². The zero-order chi connectivity index (χ0) is 23.5. The minimum absolute atomic E-state index is 0.0716. The van der Waals surface area contributed by atoms with E-state index in [1.165, 1.54) is 13.5 Å². The minimum Gasteiger partial charge on any atom is -0.444 e. The smallest absolute Gasteiger partial charge is 0.410 e. The van der Waals surface area contributed by atoms with Crippen molar-refractivity contribution in [2.75, 3.05) is 20.2 Å². The van der Waals surface area contributed by atoms with E-state index in [1.807, 2.05) is 20.8 Å². The van der Waals surface area contributed by atoms with Crippen molar-refractivity contribution >= 4 is 17.9 Å². The molecule has 3 fully saturated rings. The first-order valence-corrected chi connectivity index (χ1v) is 11.8. The number of carbonyl (C=O) groups is 3. The van der Waals surface area contributed by atoms with Crippen molar-refractivity contribution in [3.05, 3.63) is 0 Å². The van der Waals surface area contributed by atoms with Crippen LogP contribution < -0.4 is 10.6 Å². The van der Waals surface area contributed by atoms with Gasteiger partial charge in [0.15, 0.2) is 6.29 Å². The van der Waals surface area contributed by atoms with E-state index in [2.05, 4.69) is 10.6 Å². The molecule has 3 aliphatic rings. The van der Waals surface area contributed by atoms with Gasteiger partial charge in [-0.15, -0.1) is 0 Å². The van der Waals surface area contributed by atoms with Crippen molar-refractivity contribution in [2.45, 2.75) is 96.1 Å². The summed E-state index contributed by atoms with van der Waals surface area (Å²) in [4.78, 5) is 40.0. The summed E-state index contributed by atoms with van der Waals surface area (Å²) in [5.41, 5.74) is -0.733. The second-order valence-electron chi connectivity index (χ2n) is 10.6. The summed E-state index contributed by atoms with van der Waals surface area (Å²) in [7, 11) is 1.36. The van der Waals surface area contributed by atoms with Crippen LogP contribution in [0.3, 0.4) is 0 Å². The van der Waals surface area contributed by atoms with Gasteiger partial charge in [-0.05, 0) is 58.3 Å². The van der Waals surface area contributed by atoms with Crippen LogP contribution in [0.15, 0.2) is 0 Å². The first-order valence-electron chi connectivity index (χ1n) is 11.8. The molecule has 182 valence electrons. The number of methoxy groups -OCH3 is 1. The Labute approximate surface area is 190 Å². The molecule has 9 nitrogen and oxygen atoms in total. The number of hydrogen-bond donors (Lipinski definition) is 3. The fourth-order valence-electron chi connectivity index (χ4n) is 5.33. The quantitative estimate of drug-likeness (QED) is 0.529. The van der Waals surface area contributed by atoms with Gasteiger partial charge in [-0.25, -0.2) is 4.79 Å². The Bertz CT molecular complexity index is 700. The molecule has 9 heteroatoms. The standard InChI is InChI=1S/C23H39N3O6/c1-22(2,3)32-21(30)26-14-23(9-6-5-7-10-23)13-17(26)19(28)25-16(20(29)31-4)12-15-8-11-24-18(15)27/h15-17,20,29H,5-14H2,1-4H3,(H,24,27)(H,25,28)/t15-,16-,17?,20?/m0/s1. The summed E-state index contributed by atoms with van der Waals surface area (Å²) in [5.74, 6) is -0.705. The fraction of sp³-hybridized carbons (Fsp3) is 0.870. The molecular weight excluding hydrogens is 414 g/mol. The van der Waals surface area contributed by atoms with E-state index in [-0.39, 0.29) is 29.6 Å². The van der Waals surface area contributed by atoms with Crippen LogP contribution in [0.5, 0.6) is 0 Å². The molecule has 1 aliphatic carbocycles. The van der Waals surface area contributed by atoms with Crippen LogP contribution in [-0.2, 0) is 19.1 Å². The Morgan fingerprint density at radius 2 is 1.97 bits per heavy atom. The molecule has 2 aliphatic heterocycles. The summed E-state index contributed by atoms with van der Waals surface area (Å²) in [5, 5.41) is 16.0. The molecule has 0 aromatic heterocycles. The highest BCUT2D eigenvalue weighted by Gasteiger charge is 2.50. The maximum atomic E-state index is 13.4. The number of nitrogens with one attached hydrogen (secondary N) is 2. The first kappa shape index (κ1) is 24.8. The van der Waals surface area contributed by atoms with E-state index >= 15 is 0 Å². The van der Waals surface area contributed by atoms with E-state index in [4.69, 9.17) is 9.47 Å². The van der Waals surface area contributed by atoms with Crippen molar-refractivity contribution < 1.29 is 29.0 Å². The van der Waals surface area contributed by atoms with E-state index < -0.39 is 30.1 Å². The molecule has 1 saturated carbocycles. The highest BCUT2D eigenvalue weighted by molar-refractivity contribution is 5.87. The number of aliphatic hydroxyl groups excluding tert-OH is 1. The van der Waals surface area contributed by atoms with Gasteiger partial charge in [0.05, 0.1) is 6.04 Å². The monoisotopic (exact) mass is 453 g/mol. The maximum Gasteiger partial charge on any atom is 0.410 e. The van der Waals surface area contributed by atoms with E-state index in [9.17, 15) is 19.5 Å². The molecule has 32 heavy (non-hydrogen) atoms. The Morgan fingerprint density at radius 3 is 2.53 bits per heavy atom. The summed E-state index contributed by atoms with van der Waals surface area (Å²) in [6, 6.07) is -1.42. The zero-order valence-electron chi connectivity index (χ0n) is 19.8. The van der Waals surface area contributed by atoms with Crippen molar-refractivity contribution in [3.8, 4) is 0 Å². The summed E-state index contributed by atoms with van der Waals surface area (Å²) in [6.45, 7) is 6.52. The number of nitrogens with zero attached hydrogens (tertiary/aromatic N) is 1. The van der Waals surface area contributed by atoms with Crippen LogP contribution >= 0.6 is 0 Å². The van der Waals surface area contributed by atoms with E-state index in [0.29, 0.717) is 25.9 Å². The number of ether oxygens (including phenoxy) is 2. The molecule has 0 aromatic rings. The van der Waals surface area contributed by atoms with Crippen LogP contribution in [0.2, 0.25) is 0 Å². The van der Waals surface area contributed by atoms with Crippen molar-refractivity contribution in [1.82, 2.24) is 15.5 Å². The molecule has 0 radical (unpaired) electrons. The van der Waals surface area contributed by atoms with Crippen molar-refractivity contribution in [3.63, 3.8) is 0 Å². The highest BCUT2D eigenvalue weighted by atomic mass is 16.6. The third kappa shape index (κ3) is 5.92. The Kier molecular flexibility index (Phi) is 7.70. The fourth-order valence-corrected chi connectivity index (χ4v) is 5.33. The molecule has 3 rings (SSSR count). The summed E-state index contributed by atoms with van der Waals surface area (Å²) in [6.07, 6.45) is 5.12. The molecule has 0 bridgehead atoms. The lowest BCUT2D eigenvalue weighted by Gasteiger charge is -2.33. The first-order chi connectivity index (χ1) is 15.0. The van der Waals surface area contributed by atoms with Crippen molar-refractivity contribution in [1.29, 1.82) is 0 Å². The Morgan fingerprint density at radius 1 is 1.28 bits per heavy atom. The van der Waals surface area contributed by atoms with Gasteiger partial charge >= 0.3 is 6.09 Å². The number of hydrogen-bond acceptors (Lipinski definition) is 6. The maximum absolute atomic E-state index is 13.4. The molecule has 4 atom stereocenters. The van der Waals surface area contributed by atoms with Gasteiger partial charge in [-0.1, -0.05) is 19.3 Å². The zero-order valence-corrected chi connectivity index (χ0v) is 19.8. The number of aliphatic hydroxyl groups is 1. The lowest BCUT2D eigenvalue weighted by atomic mass is 9.72.